The van der Waals surface area contributed by atoms with Gasteiger partial charge in [-0.15, -0.1) is 11.3 Å². The van der Waals surface area contributed by atoms with Crippen molar-refractivity contribution in [3.63, 3.8) is 0 Å². The molecule has 0 fully saturated rings. The van der Waals surface area contributed by atoms with E-state index in [1.807, 2.05) is 41.8 Å². The Morgan fingerprint density at radius 3 is 2.92 bits per heavy atom. The van der Waals surface area contributed by atoms with Crippen LogP contribution in [0.15, 0.2) is 41.8 Å². The van der Waals surface area contributed by atoms with E-state index in [-0.39, 0.29) is 5.91 Å². The highest BCUT2D eigenvalue weighted by Gasteiger charge is 2.22. The fourth-order valence-corrected chi connectivity index (χ4v) is 3.52. The number of carbonyl (C=O) groups excluding carboxylic acids is 1. The number of rotatable bonds is 6. The maximum Gasteiger partial charge on any atom is 0.247 e. The van der Waals surface area contributed by atoms with Crippen LogP contribution in [0, 0.1) is 4.77 Å². The van der Waals surface area contributed by atoms with E-state index in [2.05, 4.69) is 15.5 Å². The summed E-state index contributed by atoms with van der Waals surface area (Å²) < 4.78 is 7.33. The van der Waals surface area contributed by atoms with Crippen molar-refractivity contribution >= 4 is 35.1 Å². The van der Waals surface area contributed by atoms with Gasteiger partial charge < -0.3 is 10.1 Å². The maximum absolute atomic E-state index is 12.8. The monoisotopic (exact) mass is 374 g/mol. The van der Waals surface area contributed by atoms with Crippen LogP contribution >= 0.6 is 23.6 Å². The molecule has 0 aliphatic carbocycles. The molecule has 25 heavy (non-hydrogen) atoms. The van der Waals surface area contributed by atoms with Crippen LogP contribution in [0.4, 0.5) is 5.69 Å². The molecule has 1 atom stereocenters. The summed E-state index contributed by atoms with van der Waals surface area (Å²) in [6, 6.07) is 10.9. The van der Waals surface area contributed by atoms with E-state index in [1.165, 1.54) is 0 Å². The summed E-state index contributed by atoms with van der Waals surface area (Å²) in [5, 5.41) is 12.0. The first-order valence-corrected chi connectivity index (χ1v) is 8.99. The van der Waals surface area contributed by atoms with Crippen LogP contribution in [-0.4, -0.2) is 27.8 Å². The van der Waals surface area contributed by atoms with E-state index in [1.54, 1.807) is 29.9 Å². The summed E-state index contributed by atoms with van der Waals surface area (Å²) in [5.74, 6) is 0.492. The van der Waals surface area contributed by atoms with Gasteiger partial charge in [-0.2, -0.15) is 5.10 Å². The topological polar surface area (TPSA) is 71.9 Å². The summed E-state index contributed by atoms with van der Waals surface area (Å²) in [4.78, 5) is 13.7. The molecule has 0 radical (unpaired) electrons. The molecule has 0 aliphatic heterocycles. The molecular weight excluding hydrogens is 356 g/mol. The van der Waals surface area contributed by atoms with Gasteiger partial charge in [-0.1, -0.05) is 24.3 Å². The zero-order chi connectivity index (χ0) is 17.8. The molecule has 2 N–H and O–H groups in total. The Bertz CT molecular complexity index is 915. The van der Waals surface area contributed by atoms with Crippen LogP contribution in [0.2, 0.25) is 0 Å². The van der Waals surface area contributed by atoms with Crippen molar-refractivity contribution in [1.29, 1.82) is 0 Å². The lowest BCUT2D eigenvalue weighted by atomic mass is 10.1. The van der Waals surface area contributed by atoms with Crippen molar-refractivity contribution < 1.29 is 9.53 Å². The van der Waals surface area contributed by atoms with E-state index in [4.69, 9.17) is 17.0 Å². The number of H-pyrrole nitrogens is 1. The standard InChI is InChI=1S/C17H18N4O2S2/c1-11(16(22)18-13-7-4-3-6-12(13)10-23-2)21-15(19-20-17(21)24)14-8-5-9-25-14/h3-9,11H,10H2,1-2H3,(H,18,22)(H,20,24)/t11-/m1/s1. The lowest BCUT2D eigenvalue weighted by molar-refractivity contribution is -0.118. The van der Waals surface area contributed by atoms with Crippen LogP contribution in [0.5, 0.6) is 0 Å². The number of methoxy groups -OCH3 is 1. The third kappa shape index (κ3) is 3.71. The van der Waals surface area contributed by atoms with Gasteiger partial charge in [0.2, 0.25) is 5.91 Å². The normalized spacial score (nSPS) is 12.1. The third-order valence-electron chi connectivity index (χ3n) is 3.79. The van der Waals surface area contributed by atoms with E-state index < -0.39 is 6.04 Å². The Morgan fingerprint density at radius 2 is 2.20 bits per heavy atom. The van der Waals surface area contributed by atoms with E-state index in [9.17, 15) is 4.79 Å². The van der Waals surface area contributed by atoms with Crippen LogP contribution in [0.1, 0.15) is 18.5 Å². The molecule has 0 spiro atoms. The predicted molar refractivity (Wildman–Crippen MR) is 101 cm³/mol. The van der Waals surface area contributed by atoms with Gasteiger partial charge >= 0.3 is 0 Å². The van der Waals surface area contributed by atoms with Gasteiger partial charge in [-0.25, -0.2) is 0 Å². The van der Waals surface area contributed by atoms with Gasteiger partial charge in [0.1, 0.15) is 6.04 Å². The third-order valence-corrected chi connectivity index (χ3v) is 4.94. The van der Waals surface area contributed by atoms with E-state index in [0.717, 1.165) is 16.1 Å². The Labute approximate surface area is 154 Å². The van der Waals surface area contributed by atoms with Crippen molar-refractivity contribution in [2.24, 2.45) is 0 Å². The minimum Gasteiger partial charge on any atom is -0.380 e. The maximum atomic E-state index is 12.8. The Balaban J connectivity index is 1.87. The van der Waals surface area contributed by atoms with Gasteiger partial charge in [0.05, 0.1) is 11.5 Å². The lowest BCUT2D eigenvalue weighted by Crippen LogP contribution is -2.25. The first-order chi connectivity index (χ1) is 12.1. The fraction of sp³-hybridized carbons (Fsp3) is 0.235. The van der Waals surface area contributed by atoms with Crippen LogP contribution < -0.4 is 5.32 Å². The molecule has 8 heteroatoms. The van der Waals surface area contributed by atoms with Crippen molar-refractivity contribution in [2.75, 3.05) is 12.4 Å². The molecule has 0 unspecified atom stereocenters. The number of aromatic nitrogens is 3. The number of carbonyl (C=O) groups is 1. The number of nitrogens with one attached hydrogen (secondary N) is 2. The molecule has 0 saturated heterocycles. The number of thiophene rings is 1. The molecule has 1 aromatic carbocycles. The molecule has 0 bridgehead atoms. The minimum absolute atomic E-state index is 0.168. The van der Waals surface area contributed by atoms with Crippen LogP contribution in [0.3, 0.4) is 0 Å². The smallest absolute Gasteiger partial charge is 0.247 e. The summed E-state index contributed by atoms with van der Waals surface area (Å²) in [5.41, 5.74) is 1.65. The lowest BCUT2D eigenvalue weighted by Gasteiger charge is -2.17. The SMILES string of the molecule is COCc1ccccc1NC(=O)[C@@H](C)n1c(-c2cccs2)n[nH]c1=S. The molecule has 2 aromatic heterocycles. The largest absolute Gasteiger partial charge is 0.380 e. The average Bonchev–Trinajstić information content (AvgIpc) is 3.25. The van der Waals surface area contributed by atoms with Gasteiger partial charge in [-0.3, -0.25) is 14.5 Å². The van der Waals surface area contributed by atoms with E-state index in [0.29, 0.717) is 17.2 Å². The van der Waals surface area contributed by atoms with Crippen molar-refractivity contribution in [1.82, 2.24) is 14.8 Å². The second kappa shape index (κ2) is 7.73. The number of aromatic amines is 1. The minimum atomic E-state index is -0.515. The molecule has 3 aromatic rings. The molecule has 0 aliphatic rings. The van der Waals surface area contributed by atoms with Gasteiger partial charge in [-0.05, 0) is 36.7 Å². The van der Waals surface area contributed by atoms with Crippen molar-refractivity contribution in [3.05, 3.63) is 52.1 Å². The van der Waals surface area contributed by atoms with E-state index >= 15 is 0 Å². The number of hydrogen-bond donors (Lipinski definition) is 2. The first-order valence-electron chi connectivity index (χ1n) is 7.70. The van der Waals surface area contributed by atoms with Gasteiger partial charge in [0.25, 0.3) is 0 Å². The molecule has 130 valence electrons. The molecule has 1 amide bonds. The fourth-order valence-electron chi connectivity index (χ4n) is 2.52. The highest BCUT2D eigenvalue weighted by atomic mass is 32.1. The Morgan fingerprint density at radius 1 is 1.40 bits per heavy atom. The van der Waals surface area contributed by atoms with Gasteiger partial charge in [0.15, 0.2) is 10.6 Å². The Hall–Kier alpha value is -2.29. The van der Waals surface area contributed by atoms with Crippen LogP contribution in [-0.2, 0) is 16.1 Å². The summed E-state index contributed by atoms with van der Waals surface area (Å²) in [6.45, 7) is 2.23. The average molecular weight is 374 g/mol. The summed E-state index contributed by atoms with van der Waals surface area (Å²) >= 11 is 6.87. The number of benzene rings is 1. The summed E-state index contributed by atoms with van der Waals surface area (Å²) in [6.07, 6.45) is 0. The molecular formula is C17H18N4O2S2. The molecule has 2 heterocycles. The second-order valence-corrected chi connectivity index (χ2v) is 6.79. The number of anilines is 1. The summed E-state index contributed by atoms with van der Waals surface area (Å²) in [7, 11) is 1.62. The zero-order valence-corrected chi connectivity index (χ0v) is 15.5. The molecule has 6 nitrogen and oxygen atoms in total. The van der Waals surface area contributed by atoms with Crippen molar-refractivity contribution in [3.8, 4) is 10.7 Å². The predicted octanol–water partition coefficient (Wildman–Crippen LogP) is 4.02. The quantitative estimate of drug-likeness (QED) is 0.640. The molecule has 0 saturated carbocycles. The van der Waals surface area contributed by atoms with Gasteiger partial charge in [0, 0.05) is 18.4 Å². The molecule has 3 rings (SSSR count). The first kappa shape index (κ1) is 17.5. The number of amides is 1. The number of hydrogen-bond acceptors (Lipinski definition) is 5. The number of para-hydroxylation sites is 1. The number of nitrogens with zero attached hydrogens (tertiary/aromatic N) is 2. The highest BCUT2D eigenvalue weighted by Crippen LogP contribution is 2.26. The highest BCUT2D eigenvalue weighted by molar-refractivity contribution is 7.71. The van der Waals surface area contributed by atoms with Crippen LogP contribution in [0.25, 0.3) is 10.7 Å². The second-order valence-electron chi connectivity index (χ2n) is 5.46. The number of ether oxygens (including phenoxy) is 1. The van der Waals surface area contributed by atoms with Crippen molar-refractivity contribution in [2.45, 2.75) is 19.6 Å². The zero-order valence-electron chi connectivity index (χ0n) is 13.9. The Kier molecular flexibility index (Phi) is 5.42.